The molecule has 5 nitrogen and oxygen atoms in total. The molecule has 2 heterocycles. The summed E-state index contributed by atoms with van der Waals surface area (Å²) in [6, 6.07) is 5.82. The third-order valence-corrected chi connectivity index (χ3v) is 5.90. The monoisotopic (exact) mass is 315 g/mol. The number of hydrogen-bond donors (Lipinski definition) is 1. The van der Waals surface area contributed by atoms with E-state index in [9.17, 15) is 8.42 Å². The predicted molar refractivity (Wildman–Crippen MR) is 84.8 cm³/mol. The highest BCUT2D eigenvalue weighted by atomic mass is 32.2. The third kappa shape index (κ3) is 4.10. The number of thioether (sulfide) groups is 1. The average Bonchev–Trinajstić information content (AvgIpc) is 2.39. The lowest BCUT2D eigenvalue weighted by Gasteiger charge is -2.33. The second kappa shape index (κ2) is 6.78. The summed E-state index contributed by atoms with van der Waals surface area (Å²) in [6.07, 6.45) is 1.32. The number of nitrogens with zero attached hydrogens (tertiary/aromatic N) is 2. The van der Waals surface area contributed by atoms with Crippen LogP contribution in [0, 0.1) is 0 Å². The van der Waals surface area contributed by atoms with E-state index < -0.39 is 15.2 Å². The highest BCUT2D eigenvalue weighted by Gasteiger charge is 2.31. The van der Waals surface area contributed by atoms with Crippen molar-refractivity contribution < 1.29 is 8.42 Å². The Kier molecular flexibility index (Phi) is 5.29. The van der Waals surface area contributed by atoms with Gasteiger partial charge in [-0.1, -0.05) is 6.07 Å². The quantitative estimate of drug-likeness (QED) is 0.887. The first-order valence-corrected chi connectivity index (χ1v) is 9.82. The summed E-state index contributed by atoms with van der Waals surface area (Å²) in [5.74, 6) is 2.46. The van der Waals surface area contributed by atoms with Crippen LogP contribution in [0.2, 0.25) is 0 Å². The van der Waals surface area contributed by atoms with Gasteiger partial charge in [-0.3, -0.25) is 4.90 Å². The van der Waals surface area contributed by atoms with E-state index in [2.05, 4.69) is 10.3 Å². The molecule has 0 radical (unpaired) electrons. The Morgan fingerprint density at radius 3 is 3.00 bits per heavy atom. The summed E-state index contributed by atoms with van der Waals surface area (Å²) in [4.78, 5) is 6.54. The number of rotatable bonds is 5. The number of anilines is 1. The molecule has 0 amide bonds. The molecule has 20 heavy (non-hydrogen) atoms. The van der Waals surface area contributed by atoms with Crippen molar-refractivity contribution in [2.24, 2.45) is 0 Å². The molecular weight excluding hydrogens is 294 g/mol. The lowest BCUT2D eigenvalue weighted by Crippen LogP contribution is -2.46. The van der Waals surface area contributed by atoms with Crippen molar-refractivity contribution in [1.29, 1.82) is 0 Å². The molecule has 7 heteroatoms. The molecule has 1 saturated heterocycles. The Morgan fingerprint density at radius 1 is 1.50 bits per heavy atom. The van der Waals surface area contributed by atoms with Crippen LogP contribution in [-0.4, -0.2) is 54.5 Å². The Labute approximate surface area is 125 Å². The van der Waals surface area contributed by atoms with Gasteiger partial charge >= 0.3 is 0 Å². The molecule has 1 fully saturated rings. The highest BCUT2D eigenvalue weighted by Crippen LogP contribution is 2.22. The largest absolute Gasteiger partial charge is 0.370 e. The van der Waals surface area contributed by atoms with Crippen molar-refractivity contribution in [3.63, 3.8) is 0 Å². The SMILES string of the molecule is CCNc1cccc(CN2CCSCC2S(C)(=O)=O)n1. The standard InChI is InChI=1S/C13H21N3O2S2/c1-3-14-12-6-4-5-11(15-12)9-16-7-8-19-10-13(16)20(2,17)18/h4-6,13H,3,7-10H2,1-2H3,(H,14,15). The van der Waals surface area contributed by atoms with E-state index in [1.807, 2.05) is 30.0 Å². The lowest BCUT2D eigenvalue weighted by atomic mass is 10.3. The van der Waals surface area contributed by atoms with E-state index in [0.717, 1.165) is 30.4 Å². The number of pyridine rings is 1. The maximum absolute atomic E-state index is 11.9. The highest BCUT2D eigenvalue weighted by molar-refractivity contribution is 8.00. The van der Waals surface area contributed by atoms with Crippen LogP contribution in [0.4, 0.5) is 5.82 Å². The molecule has 1 unspecified atom stereocenters. The van der Waals surface area contributed by atoms with E-state index in [0.29, 0.717) is 12.3 Å². The van der Waals surface area contributed by atoms with E-state index in [1.165, 1.54) is 6.26 Å². The second-order valence-corrected chi connectivity index (χ2v) is 8.23. The van der Waals surface area contributed by atoms with Crippen LogP contribution < -0.4 is 5.32 Å². The number of sulfone groups is 1. The topological polar surface area (TPSA) is 62.3 Å². The predicted octanol–water partition coefficient (Wildman–Crippen LogP) is 1.43. The molecule has 0 aromatic carbocycles. The van der Waals surface area contributed by atoms with Crippen LogP contribution in [0.5, 0.6) is 0 Å². The zero-order chi connectivity index (χ0) is 14.6. The summed E-state index contributed by atoms with van der Waals surface area (Å²) < 4.78 is 23.7. The van der Waals surface area contributed by atoms with E-state index >= 15 is 0 Å². The Bertz CT molecular complexity index is 548. The Balaban J connectivity index is 2.12. The second-order valence-electron chi connectivity index (χ2n) is 4.87. The summed E-state index contributed by atoms with van der Waals surface area (Å²) in [6.45, 7) is 4.21. The van der Waals surface area contributed by atoms with Crippen molar-refractivity contribution in [1.82, 2.24) is 9.88 Å². The minimum atomic E-state index is -3.05. The van der Waals surface area contributed by atoms with Gasteiger partial charge in [-0.25, -0.2) is 13.4 Å². The van der Waals surface area contributed by atoms with Gasteiger partial charge in [0.15, 0.2) is 9.84 Å². The third-order valence-electron chi connectivity index (χ3n) is 3.21. The van der Waals surface area contributed by atoms with E-state index in [1.54, 1.807) is 11.8 Å². The van der Waals surface area contributed by atoms with E-state index in [-0.39, 0.29) is 0 Å². The van der Waals surface area contributed by atoms with Gasteiger partial charge < -0.3 is 5.32 Å². The lowest BCUT2D eigenvalue weighted by molar-refractivity contribution is 0.259. The molecule has 1 aliphatic rings. The van der Waals surface area contributed by atoms with Crippen LogP contribution in [0.25, 0.3) is 0 Å². The molecule has 1 N–H and O–H groups in total. The molecule has 2 rings (SSSR count). The molecule has 112 valence electrons. The Hall–Kier alpha value is -0.790. The van der Waals surface area contributed by atoms with Crippen molar-refractivity contribution in [3.05, 3.63) is 23.9 Å². The van der Waals surface area contributed by atoms with Crippen LogP contribution in [0.3, 0.4) is 0 Å². The van der Waals surface area contributed by atoms with Gasteiger partial charge in [-0.2, -0.15) is 11.8 Å². The molecule has 0 spiro atoms. The molecular formula is C13H21N3O2S2. The van der Waals surface area contributed by atoms with Gasteiger partial charge in [0, 0.05) is 37.4 Å². The fourth-order valence-electron chi connectivity index (χ4n) is 2.25. The first kappa shape index (κ1) is 15.6. The number of aromatic nitrogens is 1. The smallest absolute Gasteiger partial charge is 0.164 e. The fraction of sp³-hybridized carbons (Fsp3) is 0.615. The summed E-state index contributed by atoms with van der Waals surface area (Å²) >= 11 is 1.70. The van der Waals surface area contributed by atoms with Gasteiger partial charge in [0.2, 0.25) is 0 Å². The normalized spacial score (nSPS) is 20.8. The molecule has 1 aromatic rings. The average molecular weight is 315 g/mol. The van der Waals surface area contributed by atoms with Crippen molar-refractivity contribution in [2.45, 2.75) is 18.8 Å². The molecule has 0 aliphatic carbocycles. The number of nitrogens with one attached hydrogen (secondary N) is 1. The van der Waals surface area contributed by atoms with Crippen molar-refractivity contribution in [3.8, 4) is 0 Å². The van der Waals surface area contributed by atoms with Gasteiger partial charge in [0.1, 0.15) is 11.2 Å². The summed E-state index contributed by atoms with van der Waals surface area (Å²) in [7, 11) is -3.05. The molecule has 1 aromatic heterocycles. The molecule has 1 atom stereocenters. The van der Waals surface area contributed by atoms with Crippen LogP contribution in [0.1, 0.15) is 12.6 Å². The number of hydrogen-bond acceptors (Lipinski definition) is 6. The molecule has 1 aliphatic heterocycles. The van der Waals surface area contributed by atoms with E-state index in [4.69, 9.17) is 0 Å². The summed E-state index contributed by atoms with van der Waals surface area (Å²) in [5.41, 5.74) is 0.906. The van der Waals surface area contributed by atoms with Gasteiger partial charge in [-0.05, 0) is 19.1 Å². The van der Waals surface area contributed by atoms with Gasteiger partial charge in [0.25, 0.3) is 0 Å². The van der Waals surface area contributed by atoms with Gasteiger partial charge in [0.05, 0.1) is 5.69 Å². The first-order valence-electron chi connectivity index (χ1n) is 6.71. The van der Waals surface area contributed by atoms with Crippen LogP contribution >= 0.6 is 11.8 Å². The van der Waals surface area contributed by atoms with Gasteiger partial charge in [-0.15, -0.1) is 0 Å². The van der Waals surface area contributed by atoms with Crippen LogP contribution in [-0.2, 0) is 16.4 Å². The maximum Gasteiger partial charge on any atom is 0.164 e. The Morgan fingerprint density at radius 2 is 2.30 bits per heavy atom. The first-order chi connectivity index (χ1) is 9.50. The molecule has 0 bridgehead atoms. The molecule has 0 saturated carbocycles. The zero-order valence-electron chi connectivity index (χ0n) is 11.9. The minimum Gasteiger partial charge on any atom is -0.370 e. The fourth-order valence-corrected chi connectivity index (χ4v) is 5.19. The van der Waals surface area contributed by atoms with Crippen molar-refractivity contribution >= 4 is 27.4 Å². The van der Waals surface area contributed by atoms with Crippen LogP contribution in [0.15, 0.2) is 18.2 Å². The minimum absolute atomic E-state index is 0.397. The zero-order valence-corrected chi connectivity index (χ0v) is 13.5. The summed E-state index contributed by atoms with van der Waals surface area (Å²) in [5, 5.41) is 2.78. The van der Waals surface area contributed by atoms with Crippen molar-refractivity contribution in [2.75, 3.05) is 36.2 Å². The maximum atomic E-state index is 11.9.